The summed E-state index contributed by atoms with van der Waals surface area (Å²) >= 11 is 0. The number of allylic oxidation sites excluding steroid dienone is 5. The third-order valence-electron chi connectivity index (χ3n) is 9.04. The number of nitrogens with one attached hydrogen (secondary N) is 2. The van der Waals surface area contributed by atoms with Gasteiger partial charge in [0.2, 0.25) is 0 Å². The summed E-state index contributed by atoms with van der Waals surface area (Å²) < 4.78 is 0. The first kappa shape index (κ1) is 26.0. The van der Waals surface area contributed by atoms with Crippen molar-refractivity contribution < 1.29 is 14.7 Å². The van der Waals surface area contributed by atoms with Crippen LogP contribution in [0.3, 0.4) is 0 Å². The van der Waals surface area contributed by atoms with Crippen LogP contribution < -0.4 is 0 Å². The van der Waals surface area contributed by atoms with E-state index in [2.05, 4.69) is 62.4 Å². The number of carboxylic acid groups (broad SMARTS) is 1. The summed E-state index contributed by atoms with van der Waals surface area (Å²) in [6.45, 7) is 14.5. The molecule has 0 spiro atoms. The topological polar surface area (TPSA) is 112 Å². The van der Waals surface area contributed by atoms with Crippen LogP contribution in [0.2, 0.25) is 0 Å². The Balaban J connectivity index is 1.76. The lowest BCUT2D eigenvalue weighted by Crippen LogP contribution is -2.08. The standard InChI is InChI=1S/C33H34N4O3/c1-7-19-15(3)23-12-25-17(5)21(9-10-30(39)40)32(36-25)22-11-29(38)31-18(6)26(37-33(22)31)14-28-20(8-2)16(4)24(35-28)13-27(19)34-23/h7,12-14,17,21,35-36H,1,8-11H2,2-6H3,(H,39,40)/t17-,21-/m0/s1. The number of H-pyrrole nitrogens is 2. The summed E-state index contributed by atoms with van der Waals surface area (Å²) in [6, 6.07) is 6.21. The Kier molecular flexibility index (Phi) is 6.13. The van der Waals surface area contributed by atoms with Crippen LogP contribution in [0.1, 0.15) is 103 Å². The molecular formula is C33H34N4O3. The van der Waals surface area contributed by atoms with Gasteiger partial charge in [0.15, 0.2) is 5.78 Å². The van der Waals surface area contributed by atoms with E-state index in [4.69, 9.17) is 9.97 Å². The fourth-order valence-corrected chi connectivity index (χ4v) is 6.73. The fourth-order valence-electron chi connectivity index (χ4n) is 6.73. The van der Waals surface area contributed by atoms with Crippen molar-refractivity contribution in [2.24, 2.45) is 0 Å². The summed E-state index contributed by atoms with van der Waals surface area (Å²) in [4.78, 5) is 42.2. The minimum atomic E-state index is -0.828. The van der Waals surface area contributed by atoms with Crippen LogP contribution in [0, 0.1) is 6.92 Å². The molecule has 0 fully saturated rings. The number of Topliss-reactive ketones (excluding diaryl/α,β-unsaturated/α-hetero) is 1. The van der Waals surface area contributed by atoms with Crippen molar-refractivity contribution in [2.75, 3.05) is 0 Å². The van der Waals surface area contributed by atoms with Gasteiger partial charge < -0.3 is 15.1 Å². The van der Waals surface area contributed by atoms with E-state index in [1.54, 1.807) is 0 Å². The van der Waals surface area contributed by atoms with Gasteiger partial charge in [-0.2, -0.15) is 0 Å². The zero-order valence-corrected chi connectivity index (χ0v) is 23.7. The van der Waals surface area contributed by atoms with Crippen molar-refractivity contribution in [1.29, 1.82) is 0 Å². The van der Waals surface area contributed by atoms with Gasteiger partial charge in [0.1, 0.15) is 0 Å². The average molecular weight is 535 g/mol. The number of aromatic amines is 2. The first-order valence-electron chi connectivity index (χ1n) is 14.0. The molecule has 3 N–H and O–H groups in total. The number of fused-ring (bicyclic) bond motifs is 8. The predicted molar refractivity (Wildman–Crippen MR) is 158 cm³/mol. The monoisotopic (exact) mass is 534 g/mol. The number of carbonyl (C=O) groups is 2. The molecule has 6 rings (SSSR count). The molecule has 0 saturated heterocycles. The summed E-state index contributed by atoms with van der Waals surface area (Å²) in [5, 5.41) is 9.49. The normalized spacial score (nSPS) is 19.0. The van der Waals surface area contributed by atoms with Crippen LogP contribution in [0.25, 0.3) is 33.3 Å². The Morgan fingerprint density at radius 1 is 1.07 bits per heavy atom. The molecule has 0 aromatic carbocycles. The van der Waals surface area contributed by atoms with E-state index < -0.39 is 5.97 Å². The molecule has 7 heteroatoms. The Morgan fingerprint density at radius 2 is 1.80 bits per heavy atom. The number of ketones is 1. The molecule has 8 bridgehead atoms. The summed E-state index contributed by atoms with van der Waals surface area (Å²) in [5.41, 5.74) is 13.9. The molecule has 5 heterocycles. The van der Waals surface area contributed by atoms with Gasteiger partial charge in [-0.15, -0.1) is 0 Å². The van der Waals surface area contributed by atoms with Crippen molar-refractivity contribution in [2.45, 2.75) is 72.1 Å². The van der Waals surface area contributed by atoms with E-state index in [0.29, 0.717) is 12.0 Å². The van der Waals surface area contributed by atoms with Crippen LogP contribution in [-0.4, -0.2) is 36.8 Å². The highest BCUT2D eigenvalue weighted by Crippen LogP contribution is 2.46. The van der Waals surface area contributed by atoms with E-state index in [9.17, 15) is 14.7 Å². The lowest BCUT2D eigenvalue weighted by Gasteiger charge is -2.16. The van der Waals surface area contributed by atoms with Gasteiger partial charge in [-0.1, -0.05) is 26.5 Å². The molecule has 2 atom stereocenters. The van der Waals surface area contributed by atoms with Crippen molar-refractivity contribution in [1.82, 2.24) is 19.9 Å². The molecule has 0 amide bonds. The number of carboxylic acids is 1. The minimum Gasteiger partial charge on any atom is -0.481 e. The largest absolute Gasteiger partial charge is 0.481 e. The number of aryl methyl sites for hydroxylation is 2. The third kappa shape index (κ3) is 3.86. The van der Waals surface area contributed by atoms with E-state index in [1.165, 1.54) is 11.1 Å². The van der Waals surface area contributed by atoms with Crippen molar-refractivity contribution >= 4 is 45.1 Å². The lowest BCUT2D eigenvalue weighted by molar-refractivity contribution is -0.137. The van der Waals surface area contributed by atoms with Crippen LogP contribution in [-0.2, 0) is 22.4 Å². The maximum absolute atomic E-state index is 13.4. The number of rotatable bonds is 5. The molecule has 2 aromatic heterocycles. The Morgan fingerprint density at radius 3 is 2.50 bits per heavy atom. The highest BCUT2D eigenvalue weighted by Gasteiger charge is 2.38. The maximum atomic E-state index is 13.4. The SMILES string of the molecule is C=CC1=C(C)c2cc3[nH]c(c4c5nc(cc6[nH]c(cc1n2)c(C)c6CC)C(C)=C5C(=O)C4)[C@@H](CCC(=O)O)[C@@H]3C. The van der Waals surface area contributed by atoms with E-state index >= 15 is 0 Å². The van der Waals surface area contributed by atoms with Gasteiger partial charge >= 0.3 is 5.97 Å². The Bertz CT molecular complexity index is 1780. The van der Waals surface area contributed by atoms with Crippen molar-refractivity contribution in [3.8, 4) is 0 Å². The fraction of sp³-hybridized carbons (Fsp3) is 0.333. The molecule has 1 aliphatic carbocycles. The molecule has 4 aliphatic rings. The summed E-state index contributed by atoms with van der Waals surface area (Å²) in [6.07, 6.45) is 3.49. The third-order valence-corrected chi connectivity index (χ3v) is 9.04. The van der Waals surface area contributed by atoms with Crippen LogP contribution >= 0.6 is 0 Å². The highest BCUT2D eigenvalue weighted by atomic mass is 16.4. The second-order valence-corrected chi connectivity index (χ2v) is 11.2. The number of hydrogen-bond acceptors (Lipinski definition) is 4. The number of aliphatic carboxylic acids is 1. The van der Waals surface area contributed by atoms with Gasteiger partial charge in [0.25, 0.3) is 0 Å². The average Bonchev–Trinajstić information content (AvgIpc) is 3.65. The Labute approximate surface area is 233 Å². The number of carbonyl (C=O) groups excluding carboxylic acids is 1. The first-order valence-corrected chi connectivity index (χ1v) is 14.0. The van der Waals surface area contributed by atoms with Gasteiger partial charge in [0, 0.05) is 63.8 Å². The smallest absolute Gasteiger partial charge is 0.303 e. The lowest BCUT2D eigenvalue weighted by atomic mass is 9.85. The molecule has 2 aromatic rings. The van der Waals surface area contributed by atoms with E-state index in [0.717, 1.165) is 73.9 Å². The van der Waals surface area contributed by atoms with Gasteiger partial charge in [-0.05, 0) is 74.1 Å². The molecule has 0 saturated carbocycles. The molecule has 204 valence electrons. The predicted octanol–water partition coefficient (Wildman–Crippen LogP) is 6.83. The minimum absolute atomic E-state index is 0.0226. The van der Waals surface area contributed by atoms with Crippen LogP contribution in [0.5, 0.6) is 0 Å². The molecule has 7 nitrogen and oxygen atoms in total. The zero-order chi connectivity index (χ0) is 28.5. The second kappa shape index (κ2) is 9.44. The van der Waals surface area contributed by atoms with Crippen LogP contribution in [0.15, 0.2) is 30.9 Å². The first-order chi connectivity index (χ1) is 19.1. The molecule has 3 aliphatic heterocycles. The highest BCUT2D eigenvalue weighted by molar-refractivity contribution is 6.32. The zero-order valence-electron chi connectivity index (χ0n) is 23.7. The van der Waals surface area contributed by atoms with E-state index in [-0.39, 0.29) is 30.5 Å². The van der Waals surface area contributed by atoms with Gasteiger partial charge in [-0.25, -0.2) is 9.97 Å². The van der Waals surface area contributed by atoms with Crippen LogP contribution in [0.4, 0.5) is 0 Å². The van der Waals surface area contributed by atoms with E-state index in [1.807, 2.05) is 13.0 Å². The Hall–Kier alpha value is -4.26. The number of aromatic nitrogens is 4. The quantitative estimate of drug-likeness (QED) is 0.389. The second-order valence-electron chi connectivity index (χ2n) is 11.2. The number of hydrogen-bond donors (Lipinski definition) is 3. The summed E-state index contributed by atoms with van der Waals surface area (Å²) in [7, 11) is 0. The maximum Gasteiger partial charge on any atom is 0.303 e. The van der Waals surface area contributed by atoms with Crippen molar-refractivity contribution in [3.63, 3.8) is 0 Å². The molecular weight excluding hydrogens is 500 g/mol. The molecule has 0 unspecified atom stereocenters. The summed E-state index contributed by atoms with van der Waals surface area (Å²) in [5.74, 6) is -0.815. The van der Waals surface area contributed by atoms with Crippen molar-refractivity contribution in [3.05, 3.63) is 81.7 Å². The van der Waals surface area contributed by atoms with Gasteiger partial charge in [-0.3, -0.25) is 9.59 Å². The van der Waals surface area contributed by atoms with Gasteiger partial charge in [0.05, 0.1) is 22.8 Å². The molecule has 40 heavy (non-hydrogen) atoms. The number of nitrogens with zero attached hydrogens (tertiary/aromatic N) is 2. The molecule has 0 radical (unpaired) electrons.